The predicted octanol–water partition coefficient (Wildman–Crippen LogP) is 4.37. The zero-order valence-corrected chi connectivity index (χ0v) is 22.5. The monoisotopic (exact) mass is 529 g/mol. The van der Waals surface area contributed by atoms with Crippen molar-refractivity contribution in [2.75, 3.05) is 38.0 Å². The number of hydrogen-bond donors (Lipinski definition) is 3. The van der Waals surface area contributed by atoms with Crippen LogP contribution in [0.4, 0.5) is 19.3 Å². The Morgan fingerprint density at radius 3 is 2.34 bits per heavy atom. The second-order valence-corrected chi connectivity index (χ2v) is 10.5. The fraction of sp³-hybridized carbons (Fsp3) is 0.464. The van der Waals surface area contributed by atoms with E-state index in [0.717, 1.165) is 18.4 Å². The van der Waals surface area contributed by atoms with Crippen molar-refractivity contribution >= 4 is 23.5 Å². The Bertz CT molecular complexity index is 1160. The number of halogens is 2. The fourth-order valence-electron chi connectivity index (χ4n) is 4.12. The Morgan fingerprint density at radius 2 is 1.68 bits per heavy atom. The summed E-state index contributed by atoms with van der Waals surface area (Å²) in [6.07, 6.45) is 1.66. The summed E-state index contributed by atoms with van der Waals surface area (Å²) in [5.41, 5.74) is 0.529. The molecule has 1 aliphatic heterocycles. The molecular weight excluding hydrogens is 492 g/mol. The number of piperazine rings is 1. The number of amides is 4. The van der Waals surface area contributed by atoms with Crippen molar-refractivity contribution in [2.24, 2.45) is 0 Å². The van der Waals surface area contributed by atoms with E-state index in [1.807, 2.05) is 45.9 Å². The molecule has 206 valence electrons. The molecule has 3 rings (SSSR count). The third-order valence-corrected chi connectivity index (χ3v) is 6.12. The first-order valence-corrected chi connectivity index (χ1v) is 12.9. The molecule has 0 unspecified atom stereocenters. The number of benzene rings is 2. The molecule has 2 aromatic rings. The first kappa shape index (κ1) is 29.0. The van der Waals surface area contributed by atoms with Crippen molar-refractivity contribution in [3.05, 3.63) is 64.7 Å². The molecule has 0 aromatic heterocycles. The van der Waals surface area contributed by atoms with Gasteiger partial charge in [0.05, 0.1) is 11.3 Å². The van der Waals surface area contributed by atoms with Gasteiger partial charge in [0.15, 0.2) is 11.6 Å². The van der Waals surface area contributed by atoms with Crippen LogP contribution >= 0.6 is 0 Å². The first-order valence-electron chi connectivity index (χ1n) is 12.9. The smallest absolute Gasteiger partial charge is 0.319 e. The maximum absolute atomic E-state index is 14.8. The Kier molecular flexibility index (Phi) is 9.79. The van der Waals surface area contributed by atoms with Crippen LogP contribution in [0.1, 0.15) is 66.8 Å². The number of unbranched alkanes of at least 4 members (excludes halogenated alkanes) is 1. The van der Waals surface area contributed by atoms with Crippen LogP contribution in [0.3, 0.4) is 0 Å². The number of anilines is 1. The number of rotatable bonds is 8. The number of nitrogens with zero attached hydrogens (tertiary/aromatic N) is 2. The molecule has 1 fully saturated rings. The molecule has 2 aromatic carbocycles. The second kappa shape index (κ2) is 12.8. The fourth-order valence-corrected chi connectivity index (χ4v) is 4.12. The summed E-state index contributed by atoms with van der Waals surface area (Å²) in [6, 6.07) is 9.19. The zero-order chi connectivity index (χ0) is 27.9. The molecule has 4 amide bonds. The van der Waals surface area contributed by atoms with E-state index in [0.29, 0.717) is 44.8 Å². The van der Waals surface area contributed by atoms with Crippen molar-refractivity contribution < 1.29 is 23.2 Å². The third-order valence-electron chi connectivity index (χ3n) is 6.12. The van der Waals surface area contributed by atoms with E-state index in [9.17, 15) is 23.2 Å². The van der Waals surface area contributed by atoms with Gasteiger partial charge >= 0.3 is 6.03 Å². The molecular formula is C28H37F2N5O3. The largest absolute Gasteiger partial charge is 0.347 e. The minimum Gasteiger partial charge on any atom is -0.347 e. The number of hydrogen-bond acceptors (Lipinski definition) is 4. The van der Waals surface area contributed by atoms with E-state index >= 15 is 0 Å². The minimum absolute atomic E-state index is 0.137. The van der Waals surface area contributed by atoms with Crippen LogP contribution < -0.4 is 16.0 Å². The van der Waals surface area contributed by atoms with Gasteiger partial charge in [-0.1, -0.05) is 25.5 Å². The Balaban J connectivity index is 1.57. The lowest BCUT2D eigenvalue weighted by Gasteiger charge is -2.35. The van der Waals surface area contributed by atoms with Gasteiger partial charge in [-0.25, -0.2) is 13.6 Å². The van der Waals surface area contributed by atoms with Crippen molar-refractivity contribution in [2.45, 2.75) is 52.6 Å². The maximum atomic E-state index is 14.8. The van der Waals surface area contributed by atoms with Crippen LogP contribution in [0.2, 0.25) is 0 Å². The lowest BCUT2D eigenvalue weighted by molar-refractivity contribution is 0.0622. The summed E-state index contributed by atoms with van der Waals surface area (Å²) in [7, 11) is 0. The Labute approximate surface area is 222 Å². The molecule has 1 aliphatic rings. The normalized spacial score (nSPS) is 14.2. The third kappa shape index (κ3) is 7.98. The van der Waals surface area contributed by atoms with E-state index in [1.165, 1.54) is 17.0 Å². The van der Waals surface area contributed by atoms with Crippen molar-refractivity contribution in [1.29, 1.82) is 0 Å². The summed E-state index contributed by atoms with van der Waals surface area (Å²) >= 11 is 0. The molecule has 0 radical (unpaired) electrons. The van der Waals surface area contributed by atoms with Gasteiger partial charge in [0, 0.05) is 50.4 Å². The van der Waals surface area contributed by atoms with Crippen LogP contribution in [0.25, 0.3) is 0 Å². The SMILES string of the molecule is CCCCNC(=O)Nc1ccc(C(=O)N2CCN(Cc3cccc(C(=O)NC(C)(C)C)c3)CC2)c(F)c1F. The van der Waals surface area contributed by atoms with E-state index < -0.39 is 23.6 Å². The highest BCUT2D eigenvalue weighted by Crippen LogP contribution is 2.23. The molecule has 3 N–H and O–H groups in total. The molecule has 10 heteroatoms. The molecule has 0 aliphatic carbocycles. The lowest BCUT2D eigenvalue weighted by Crippen LogP contribution is -2.48. The number of carbonyl (C=O) groups excluding carboxylic acids is 3. The van der Waals surface area contributed by atoms with Crippen molar-refractivity contribution in [1.82, 2.24) is 20.4 Å². The number of nitrogens with one attached hydrogen (secondary N) is 3. The number of urea groups is 1. The average Bonchev–Trinajstić information content (AvgIpc) is 2.86. The van der Waals surface area contributed by atoms with E-state index in [-0.39, 0.29) is 22.7 Å². The van der Waals surface area contributed by atoms with Crippen molar-refractivity contribution in [3.8, 4) is 0 Å². The molecule has 0 saturated carbocycles. The van der Waals surface area contributed by atoms with Gasteiger partial charge in [0.1, 0.15) is 0 Å². The quantitative estimate of drug-likeness (QED) is 0.443. The molecule has 0 bridgehead atoms. The topological polar surface area (TPSA) is 93.8 Å². The summed E-state index contributed by atoms with van der Waals surface area (Å²) in [5, 5.41) is 7.81. The van der Waals surface area contributed by atoms with E-state index in [4.69, 9.17) is 0 Å². The van der Waals surface area contributed by atoms with Gasteiger partial charge < -0.3 is 20.9 Å². The summed E-state index contributed by atoms with van der Waals surface area (Å²) in [5.74, 6) is -3.28. The lowest BCUT2D eigenvalue weighted by atomic mass is 10.1. The maximum Gasteiger partial charge on any atom is 0.319 e. The highest BCUT2D eigenvalue weighted by Gasteiger charge is 2.27. The Hall–Kier alpha value is -3.53. The summed E-state index contributed by atoms with van der Waals surface area (Å²) in [6.45, 7) is 10.6. The summed E-state index contributed by atoms with van der Waals surface area (Å²) in [4.78, 5) is 40.9. The second-order valence-electron chi connectivity index (χ2n) is 10.5. The zero-order valence-electron chi connectivity index (χ0n) is 22.5. The van der Waals surface area contributed by atoms with Gasteiger partial charge in [-0.15, -0.1) is 0 Å². The van der Waals surface area contributed by atoms with Crippen molar-refractivity contribution in [3.63, 3.8) is 0 Å². The Morgan fingerprint density at radius 1 is 0.974 bits per heavy atom. The molecule has 8 nitrogen and oxygen atoms in total. The predicted molar refractivity (Wildman–Crippen MR) is 143 cm³/mol. The summed E-state index contributed by atoms with van der Waals surface area (Å²) < 4.78 is 29.4. The molecule has 0 spiro atoms. The molecule has 1 saturated heterocycles. The van der Waals surface area contributed by atoms with Crippen LogP contribution in [-0.4, -0.2) is 65.9 Å². The van der Waals surface area contributed by atoms with Gasteiger partial charge in [0.2, 0.25) is 0 Å². The van der Waals surface area contributed by atoms with Gasteiger partial charge in [-0.05, 0) is 57.0 Å². The van der Waals surface area contributed by atoms with Gasteiger partial charge in [-0.3, -0.25) is 14.5 Å². The highest BCUT2D eigenvalue weighted by atomic mass is 19.2. The highest BCUT2D eigenvalue weighted by molar-refractivity contribution is 5.96. The van der Waals surface area contributed by atoms with Gasteiger partial charge in [0.25, 0.3) is 11.8 Å². The standard InChI is InChI=1S/C28H37F2N5O3/c1-5-6-12-31-27(38)32-22-11-10-21(23(29)24(22)30)26(37)35-15-13-34(14-16-35)18-19-8-7-9-20(17-19)25(36)33-28(2,3)4/h7-11,17H,5-6,12-16,18H2,1-4H3,(H,33,36)(H2,31,32,38). The molecule has 38 heavy (non-hydrogen) atoms. The first-order chi connectivity index (χ1) is 18.0. The molecule has 0 atom stereocenters. The van der Waals surface area contributed by atoms with Crippen LogP contribution in [0, 0.1) is 11.6 Å². The van der Waals surface area contributed by atoms with Gasteiger partial charge in [-0.2, -0.15) is 0 Å². The van der Waals surface area contributed by atoms with Crippen LogP contribution in [0.5, 0.6) is 0 Å². The van der Waals surface area contributed by atoms with E-state index in [1.54, 1.807) is 6.07 Å². The molecule has 1 heterocycles. The number of carbonyl (C=O) groups is 3. The van der Waals surface area contributed by atoms with Crippen LogP contribution in [0.15, 0.2) is 36.4 Å². The van der Waals surface area contributed by atoms with E-state index in [2.05, 4.69) is 20.9 Å². The van der Waals surface area contributed by atoms with Crippen LogP contribution in [-0.2, 0) is 6.54 Å². The average molecular weight is 530 g/mol. The minimum atomic E-state index is -1.28.